The molecule has 0 radical (unpaired) electrons. The van der Waals surface area contributed by atoms with Gasteiger partial charge in [0.25, 0.3) is 5.91 Å². The van der Waals surface area contributed by atoms with Crippen LogP contribution in [0.3, 0.4) is 0 Å². The number of carbonyl (C=O) groups is 1. The van der Waals surface area contributed by atoms with Gasteiger partial charge >= 0.3 is 6.18 Å². The SMILES string of the molecule is O=C(Nc1ccc(Sc2ccccc2Cl)cc1)c1cccc(C(F)(F)F)c1. The van der Waals surface area contributed by atoms with Crippen molar-refractivity contribution in [3.05, 3.63) is 88.9 Å². The van der Waals surface area contributed by atoms with Gasteiger partial charge in [-0.3, -0.25) is 4.79 Å². The Morgan fingerprint density at radius 2 is 1.63 bits per heavy atom. The zero-order valence-electron chi connectivity index (χ0n) is 13.8. The number of anilines is 1. The molecule has 138 valence electrons. The number of alkyl halides is 3. The highest BCUT2D eigenvalue weighted by atomic mass is 35.5. The van der Waals surface area contributed by atoms with Crippen LogP contribution in [0.2, 0.25) is 5.02 Å². The summed E-state index contributed by atoms with van der Waals surface area (Å²) in [5.74, 6) is -0.604. The number of rotatable bonds is 4. The third-order valence-electron chi connectivity index (χ3n) is 3.63. The van der Waals surface area contributed by atoms with Crippen molar-refractivity contribution in [2.75, 3.05) is 5.32 Å². The van der Waals surface area contributed by atoms with Crippen LogP contribution < -0.4 is 5.32 Å². The summed E-state index contributed by atoms with van der Waals surface area (Å²) in [7, 11) is 0. The fourth-order valence-corrected chi connectivity index (χ4v) is 3.39. The van der Waals surface area contributed by atoms with Crippen LogP contribution in [0.1, 0.15) is 15.9 Å². The second-order valence-corrected chi connectivity index (χ2v) is 7.11. The maximum atomic E-state index is 12.8. The minimum atomic E-state index is -4.49. The third kappa shape index (κ3) is 5.05. The molecule has 0 atom stereocenters. The summed E-state index contributed by atoms with van der Waals surface area (Å²) < 4.78 is 38.3. The highest BCUT2D eigenvalue weighted by Gasteiger charge is 2.30. The van der Waals surface area contributed by atoms with Crippen LogP contribution in [0, 0.1) is 0 Å². The number of carbonyl (C=O) groups excluding carboxylic acids is 1. The molecule has 0 spiro atoms. The molecule has 0 bridgehead atoms. The van der Waals surface area contributed by atoms with Gasteiger partial charge in [-0.2, -0.15) is 13.2 Å². The number of hydrogen-bond donors (Lipinski definition) is 1. The topological polar surface area (TPSA) is 29.1 Å². The summed E-state index contributed by atoms with van der Waals surface area (Å²) in [5, 5.41) is 3.24. The fraction of sp³-hybridized carbons (Fsp3) is 0.0500. The van der Waals surface area contributed by atoms with Crippen molar-refractivity contribution in [2.45, 2.75) is 16.0 Å². The predicted molar refractivity (Wildman–Crippen MR) is 101 cm³/mol. The lowest BCUT2D eigenvalue weighted by Gasteiger charge is -2.10. The maximum absolute atomic E-state index is 12.8. The van der Waals surface area contributed by atoms with E-state index in [0.717, 1.165) is 21.9 Å². The van der Waals surface area contributed by atoms with Gasteiger partial charge in [0.1, 0.15) is 0 Å². The number of halogens is 4. The Bertz CT molecular complexity index is 958. The molecule has 0 aliphatic carbocycles. The normalized spacial score (nSPS) is 11.3. The molecule has 3 aromatic carbocycles. The number of benzene rings is 3. The van der Waals surface area contributed by atoms with E-state index in [1.54, 1.807) is 30.3 Å². The summed E-state index contributed by atoms with van der Waals surface area (Å²) in [4.78, 5) is 14.0. The summed E-state index contributed by atoms with van der Waals surface area (Å²) in [6.45, 7) is 0. The quantitative estimate of drug-likeness (QED) is 0.517. The Labute approximate surface area is 163 Å². The molecule has 2 nitrogen and oxygen atoms in total. The minimum absolute atomic E-state index is 0.0562. The van der Waals surface area contributed by atoms with Gasteiger partial charge in [0.15, 0.2) is 0 Å². The van der Waals surface area contributed by atoms with Crippen LogP contribution in [0.15, 0.2) is 82.6 Å². The van der Waals surface area contributed by atoms with E-state index in [9.17, 15) is 18.0 Å². The lowest BCUT2D eigenvalue weighted by Crippen LogP contribution is -2.13. The van der Waals surface area contributed by atoms with E-state index in [1.807, 2.05) is 18.2 Å². The number of amides is 1. The highest BCUT2D eigenvalue weighted by molar-refractivity contribution is 7.99. The van der Waals surface area contributed by atoms with Gasteiger partial charge in [0.05, 0.1) is 10.6 Å². The van der Waals surface area contributed by atoms with Crippen LogP contribution in [-0.2, 0) is 6.18 Å². The Balaban J connectivity index is 1.70. The average molecular weight is 408 g/mol. The van der Waals surface area contributed by atoms with Crippen LogP contribution in [0.25, 0.3) is 0 Å². The van der Waals surface area contributed by atoms with Gasteiger partial charge in [-0.1, -0.05) is 41.6 Å². The molecule has 0 unspecified atom stereocenters. The van der Waals surface area contributed by atoms with Gasteiger partial charge in [-0.15, -0.1) is 0 Å². The molecular weight excluding hydrogens is 395 g/mol. The molecule has 0 fully saturated rings. The van der Waals surface area contributed by atoms with E-state index in [1.165, 1.54) is 23.9 Å². The standard InChI is InChI=1S/C20H13ClF3NOS/c21-17-6-1-2-7-18(17)27-16-10-8-15(9-11-16)25-19(26)13-4-3-5-14(12-13)20(22,23)24/h1-12H,(H,25,26). The Hall–Kier alpha value is -2.44. The molecule has 0 aromatic heterocycles. The molecular formula is C20H13ClF3NOS. The van der Waals surface area contributed by atoms with Crippen LogP contribution in [0.5, 0.6) is 0 Å². The molecule has 0 saturated carbocycles. The molecule has 0 aliphatic heterocycles. The van der Waals surface area contributed by atoms with E-state index in [2.05, 4.69) is 5.32 Å². The van der Waals surface area contributed by atoms with E-state index in [4.69, 9.17) is 11.6 Å². The molecule has 3 rings (SSSR count). The van der Waals surface area contributed by atoms with Crippen LogP contribution >= 0.6 is 23.4 Å². The van der Waals surface area contributed by atoms with Crippen LogP contribution in [0.4, 0.5) is 18.9 Å². The van der Waals surface area contributed by atoms with Crippen molar-refractivity contribution < 1.29 is 18.0 Å². The largest absolute Gasteiger partial charge is 0.416 e. The van der Waals surface area contributed by atoms with E-state index in [0.29, 0.717) is 10.7 Å². The molecule has 1 amide bonds. The predicted octanol–water partition coefficient (Wildman–Crippen LogP) is 6.76. The fourth-order valence-electron chi connectivity index (χ4n) is 2.30. The summed E-state index contributed by atoms with van der Waals surface area (Å²) in [6.07, 6.45) is -4.49. The van der Waals surface area contributed by atoms with Gasteiger partial charge in [0.2, 0.25) is 0 Å². The molecule has 0 saturated heterocycles. The van der Waals surface area contributed by atoms with Gasteiger partial charge in [0, 0.05) is 21.0 Å². The Morgan fingerprint density at radius 1 is 0.926 bits per heavy atom. The highest BCUT2D eigenvalue weighted by Crippen LogP contribution is 2.33. The van der Waals surface area contributed by atoms with Crippen LogP contribution in [-0.4, -0.2) is 5.91 Å². The molecule has 1 N–H and O–H groups in total. The zero-order chi connectivity index (χ0) is 19.4. The second-order valence-electron chi connectivity index (χ2n) is 5.59. The lowest BCUT2D eigenvalue weighted by molar-refractivity contribution is -0.137. The van der Waals surface area contributed by atoms with Gasteiger partial charge in [-0.25, -0.2) is 0 Å². The first-order chi connectivity index (χ1) is 12.8. The molecule has 0 aliphatic rings. The van der Waals surface area contributed by atoms with E-state index >= 15 is 0 Å². The zero-order valence-corrected chi connectivity index (χ0v) is 15.3. The van der Waals surface area contributed by atoms with Crippen molar-refractivity contribution in [2.24, 2.45) is 0 Å². The first-order valence-corrected chi connectivity index (χ1v) is 9.03. The molecule has 7 heteroatoms. The molecule has 27 heavy (non-hydrogen) atoms. The first kappa shape index (κ1) is 19.3. The first-order valence-electron chi connectivity index (χ1n) is 7.84. The summed E-state index contributed by atoms with van der Waals surface area (Å²) in [5.41, 5.74) is -0.429. The van der Waals surface area contributed by atoms with Crippen molar-refractivity contribution in [1.29, 1.82) is 0 Å². The number of nitrogens with one attached hydrogen (secondary N) is 1. The Kier molecular flexibility index (Phi) is 5.77. The molecule has 0 heterocycles. The third-order valence-corrected chi connectivity index (χ3v) is 5.15. The van der Waals surface area contributed by atoms with Gasteiger partial charge < -0.3 is 5.32 Å². The molecule has 3 aromatic rings. The Morgan fingerprint density at radius 3 is 2.30 bits per heavy atom. The second kappa shape index (κ2) is 8.06. The minimum Gasteiger partial charge on any atom is -0.322 e. The van der Waals surface area contributed by atoms with Gasteiger partial charge in [-0.05, 0) is 54.6 Å². The van der Waals surface area contributed by atoms with E-state index < -0.39 is 17.6 Å². The summed E-state index contributed by atoms with van der Waals surface area (Å²) >= 11 is 7.60. The lowest BCUT2D eigenvalue weighted by atomic mass is 10.1. The van der Waals surface area contributed by atoms with Crippen molar-refractivity contribution in [3.63, 3.8) is 0 Å². The smallest absolute Gasteiger partial charge is 0.322 e. The number of hydrogen-bond acceptors (Lipinski definition) is 2. The van der Waals surface area contributed by atoms with E-state index in [-0.39, 0.29) is 5.56 Å². The van der Waals surface area contributed by atoms with Crippen molar-refractivity contribution >= 4 is 35.0 Å². The summed E-state index contributed by atoms with van der Waals surface area (Å²) in [6, 6.07) is 18.7. The van der Waals surface area contributed by atoms with Crippen molar-refractivity contribution in [3.8, 4) is 0 Å². The van der Waals surface area contributed by atoms with Crippen molar-refractivity contribution in [1.82, 2.24) is 0 Å². The maximum Gasteiger partial charge on any atom is 0.416 e. The average Bonchev–Trinajstić information content (AvgIpc) is 2.64. The monoisotopic (exact) mass is 407 g/mol.